The fourth-order valence-electron chi connectivity index (χ4n) is 4.81. The van der Waals surface area contributed by atoms with Crippen LogP contribution >= 0.6 is 11.6 Å². The van der Waals surface area contributed by atoms with Gasteiger partial charge in [0.1, 0.15) is 17.7 Å². The quantitative estimate of drug-likeness (QED) is 0.350. The number of pyridine rings is 1. The van der Waals surface area contributed by atoms with Crippen molar-refractivity contribution < 1.29 is 9.13 Å². The predicted octanol–water partition coefficient (Wildman–Crippen LogP) is 5.66. The van der Waals surface area contributed by atoms with E-state index in [1.54, 1.807) is 23.6 Å². The second-order valence-corrected chi connectivity index (χ2v) is 9.74. The van der Waals surface area contributed by atoms with E-state index >= 15 is 4.39 Å². The highest BCUT2D eigenvalue weighted by Gasteiger charge is 2.27. The number of aryl methyl sites for hydroxylation is 1. The number of fused-ring (bicyclic) bond motifs is 1. The van der Waals surface area contributed by atoms with Crippen LogP contribution in [0.4, 0.5) is 4.39 Å². The fourth-order valence-corrected chi connectivity index (χ4v) is 4.97. The maximum atomic E-state index is 15.1. The Kier molecular flexibility index (Phi) is 5.73. The van der Waals surface area contributed by atoms with Gasteiger partial charge in [0.2, 0.25) is 0 Å². The molecule has 9 heteroatoms. The van der Waals surface area contributed by atoms with Crippen molar-refractivity contribution >= 4 is 28.1 Å². The Labute approximate surface area is 212 Å². The maximum absolute atomic E-state index is 15.1. The highest BCUT2D eigenvalue weighted by atomic mass is 35.5. The second kappa shape index (κ2) is 8.94. The molecule has 1 aliphatic heterocycles. The lowest BCUT2D eigenvalue weighted by Gasteiger charge is -2.22. The van der Waals surface area contributed by atoms with Crippen molar-refractivity contribution in [3.8, 4) is 11.3 Å². The highest BCUT2D eigenvalue weighted by molar-refractivity contribution is 6.30. The number of benzene rings is 1. The lowest BCUT2D eigenvalue weighted by molar-refractivity contribution is 0.0826. The van der Waals surface area contributed by atoms with Crippen LogP contribution in [0.25, 0.3) is 27.7 Å². The molecule has 1 aliphatic carbocycles. The molecule has 6 rings (SSSR count). The topological polar surface area (TPSA) is 74.8 Å². The first-order valence-electron chi connectivity index (χ1n) is 12.2. The molecule has 1 atom stereocenters. The molecule has 0 N–H and O–H groups in total. The van der Waals surface area contributed by atoms with E-state index in [1.807, 2.05) is 36.1 Å². The van der Waals surface area contributed by atoms with Crippen LogP contribution in [-0.2, 0) is 11.3 Å². The van der Waals surface area contributed by atoms with Gasteiger partial charge in [-0.05, 0) is 69.0 Å². The molecule has 4 heterocycles. The standard InChI is InChI=1S/C27H25ClFN5O2/c1-3-33-15(2)31-23-12-22(32-26(25(23)27(33)35)20-7-4-18(28)11-21(20)29)16-8-9-36-24(10-16)17-13-30-34(14-17)19-5-6-19/h4,7,10-14,19,24H,3,5-6,8-9H2,1-2H3. The van der Waals surface area contributed by atoms with Gasteiger partial charge in [-0.2, -0.15) is 5.10 Å². The van der Waals surface area contributed by atoms with E-state index in [0.717, 1.165) is 24.0 Å². The summed E-state index contributed by atoms with van der Waals surface area (Å²) in [7, 11) is 0. The molecule has 0 bridgehead atoms. The second-order valence-electron chi connectivity index (χ2n) is 9.30. The Bertz CT molecular complexity index is 1590. The molecule has 36 heavy (non-hydrogen) atoms. The number of aromatic nitrogens is 5. The third-order valence-electron chi connectivity index (χ3n) is 6.85. The molecule has 1 aromatic carbocycles. The molecule has 184 valence electrons. The van der Waals surface area contributed by atoms with E-state index in [4.69, 9.17) is 26.3 Å². The summed E-state index contributed by atoms with van der Waals surface area (Å²) in [5, 5.41) is 5.06. The Hall–Kier alpha value is -3.36. The summed E-state index contributed by atoms with van der Waals surface area (Å²) in [5.74, 6) is 0.0591. The maximum Gasteiger partial charge on any atom is 0.263 e. The monoisotopic (exact) mass is 505 g/mol. The summed E-state index contributed by atoms with van der Waals surface area (Å²) in [6.07, 6.45) is 8.63. The normalized spacial score (nSPS) is 18.0. The lowest BCUT2D eigenvalue weighted by atomic mass is 9.99. The molecule has 0 radical (unpaired) electrons. The van der Waals surface area contributed by atoms with Crippen LogP contribution in [0.15, 0.2) is 47.5 Å². The minimum Gasteiger partial charge on any atom is -0.369 e. The summed E-state index contributed by atoms with van der Waals surface area (Å²) in [4.78, 5) is 23.0. The summed E-state index contributed by atoms with van der Waals surface area (Å²) in [5.41, 5.74) is 3.33. The number of ether oxygens (including phenoxy) is 1. The SMILES string of the molecule is CCn1c(C)nc2cc(C3=CC(c4cnn(C5CC5)c4)OCC3)nc(-c3ccc(Cl)cc3F)c2c1=O. The van der Waals surface area contributed by atoms with E-state index in [9.17, 15) is 4.79 Å². The minimum absolute atomic E-state index is 0.214. The third kappa shape index (κ3) is 4.04. The van der Waals surface area contributed by atoms with Crippen LogP contribution in [0, 0.1) is 12.7 Å². The van der Waals surface area contributed by atoms with Crippen molar-refractivity contribution in [2.45, 2.75) is 51.8 Å². The Balaban J connectivity index is 1.52. The van der Waals surface area contributed by atoms with Gasteiger partial charge in [-0.25, -0.2) is 14.4 Å². The zero-order valence-corrected chi connectivity index (χ0v) is 20.8. The van der Waals surface area contributed by atoms with Crippen LogP contribution in [0.1, 0.15) is 55.4 Å². The average molecular weight is 506 g/mol. The first kappa shape index (κ1) is 23.1. The van der Waals surface area contributed by atoms with E-state index in [1.165, 1.54) is 6.07 Å². The van der Waals surface area contributed by atoms with Crippen LogP contribution in [0.3, 0.4) is 0 Å². The van der Waals surface area contributed by atoms with E-state index < -0.39 is 5.82 Å². The molecule has 0 amide bonds. The van der Waals surface area contributed by atoms with Crippen molar-refractivity contribution in [2.24, 2.45) is 0 Å². The van der Waals surface area contributed by atoms with Crippen molar-refractivity contribution in [2.75, 3.05) is 6.61 Å². The van der Waals surface area contributed by atoms with Crippen LogP contribution in [0.5, 0.6) is 0 Å². The number of nitrogens with zero attached hydrogens (tertiary/aromatic N) is 5. The smallest absolute Gasteiger partial charge is 0.263 e. The summed E-state index contributed by atoms with van der Waals surface area (Å²) in [6.45, 7) is 4.65. The number of rotatable bonds is 5. The van der Waals surface area contributed by atoms with Gasteiger partial charge in [0.15, 0.2) is 0 Å². The molecule has 0 spiro atoms. The van der Waals surface area contributed by atoms with Crippen molar-refractivity contribution in [3.63, 3.8) is 0 Å². The molecular weight excluding hydrogens is 481 g/mol. The summed E-state index contributed by atoms with van der Waals surface area (Å²) >= 11 is 6.01. The Morgan fingerprint density at radius 2 is 2.06 bits per heavy atom. The molecular formula is C27H25ClFN5O2. The first-order valence-corrected chi connectivity index (χ1v) is 12.5. The first-order chi connectivity index (χ1) is 17.4. The van der Waals surface area contributed by atoms with E-state index in [-0.39, 0.29) is 27.9 Å². The van der Waals surface area contributed by atoms with Gasteiger partial charge in [0.05, 0.1) is 41.1 Å². The number of hydrogen-bond donors (Lipinski definition) is 0. The minimum atomic E-state index is -0.539. The van der Waals surface area contributed by atoms with Crippen molar-refractivity contribution in [1.29, 1.82) is 0 Å². The molecule has 3 aromatic heterocycles. The van der Waals surface area contributed by atoms with Gasteiger partial charge < -0.3 is 4.74 Å². The molecule has 1 fully saturated rings. The van der Waals surface area contributed by atoms with Gasteiger partial charge in [-0.1, -0.05) is 11.6 Å². The van der Waals surface area contributed by atoms with Gasteiger partial charge in [-0.3, -0.25) is 14.0 Å². The Morgan fingerprint density at radius 3 is 2.81 bits per heavy atom. The summed E-state index contributed by atoms with van der Waals surface area (Å²) < 4.78 is 24.7. The molecule has 7 nitrogen and oxygen atoms in total. The predicted molar refractivity (Wildman–Crippen MR) is 136 cm³/mol. The Morgan fingerprint density at radius 1 is 1.22 bits per heavy atom. The van der Waals surface area contributed by atoms with Crippen LogP contribution in [0.2, 0.25) is 5.02 Å². The molecule has 1 unspecified atom stereocenters. The van der Waals surface area contributed by atoms with Gasteiger partial charge in [0, 0.05) is 28.9 Å². The van der Waals surface area contributed by atoms with E-state index in [0.29, 0.717) is 48.0 Å². The third-order valence-corrected chi connectivity index (χ3v) is 7.09. The zero-order chi connectivity index (χ0) is 25.0. The zero-order valence-electron chi connectivity index (χ0n) is 20.0. The largest absolute Gasteiger partial charge is 0.369 e. The highest BCUT2D eigenvalue weighted by Crippen LogP contribution is 2.37. The molecule has 1 saturated carbocycles. The van der Waals surface area contributed by atoms with Crippen molar-refractivity contribution in [3.05, 3.63) is 81.0 Å². The summed E-state index contributed by atoms with van der Waals surface area (Å²) in [6, 6.07) is 6.71. The molecule has 4 aromatic rings. The lowest BCUT2D eigenvalue weighted by Crippen LogP contribution is -2.24. The van der Waals surface area contributed by atoms with Crippen molar-refractivity contribution in [1.82, 2.24) is 24.3 Å². The van der Waals surface area contributed by atoms with Crippen LogP contribution in [-0.4, -0.2) is 30.9 Å². The van der Waals surface area contributed by atoms with Gasteiger partial charge in [-0.15, -0.1) is 0 Å². The van der Waals surface area contributed by atoms with Gasteiger partial charge in [0.25, 0.3) is 5.56 Å². The fraction of sp³-hybridized carbons (Fsp3) is 0.333. The number of halogens is 2. The van der Waals surface area contributed by atoms with Gasteiger partial charge >= 0.3 is 0 Å². The number of hydrogen-bond acceptors (Lipinski definition) is 5. The van der Waals surface area contributed by atoms with E-state index in [2.05, 4.69) is 5.10 Å². The van der Waals surface area contributed by atoms with Crippen LogP contribution < -0.4 is 5.56 Å². The molecule has 0 saturated heterocycles. The molecule has 2 aliphatic rings. The average Bonchev–Trinajstić information content (AvgIpc) is 3.60.